The van der Waals surface area contributed by atoms with Gasteiger partial charge in [-0.05, 0) is 24.3 Å². The molecular weight excluding hydrogens is 631 g/mol. The lowest BCUT2D eigenvalue weighted by Gasteiger charge is -2.24. The Morgan fingerprint density at radius 2 is 0.896 bits per heavy atom. The summed E-state index contributed by atoms with van der Waals surface area (Å²) in [6, 6.07) is 56.8. The van der Waals surface area contributed by atoms with Crippen molar-refractivity contribution in [1.29, 1.82) is 0 Å². The highest BCUT2D eigenvalue weighted by Gasteiger charge is 2.51. The molecule has 8 rings (SSSR count). The zero-order chi connectivity index (χ0) is 32.5. The number of rotatable bonds is 7. The van der Waals surface area contributed by atoms with Gasteiger partial charge in [0.25, 0.3) is 5.82 Å². The predicted molar refractivity (Wildman–Crippen MR) is 197 cm³/mol. The van der Waals surface area contributed by atoms with E-state index < -0.39 is 5.79 Å². The van der Waals surface area contributed by atoms with Crippen LogP contribution in [0.1, 0.15) is 16.7 Å². The maximum Gasteiger partial charge on any atom is 0.331 e. The van der Waals surface area contributed by atoms with E-state index in [1.807, 2.05) is 121 Å². The van der Waals surface area contributed by atoms with E-state index in [1.165, 1.54) is 0 Å². The minimum Gasteiger partial charge on any atom is -0.236 e. The van der Waals surface area contributed by atoms with Gasteiger partial charge in [-0.1, -0.05) is 169 Å². The lowest BCUT2D eigenvalue weighted by Crippen LogP contribution is -2.56. The first-order valence-electron chi connectivity index (χ1n) is 15.7. The average Bonchev–Trinajstić information content (AvgIpc) is 3.75. The molecule has 0 amide bonds. The zero-order valence-corrected chi connectivity index (χ0v) is 27.3. The van der Waals surface area contributed by atoms with Gasteiger partial charge in [0.05, 0.1) is 32.6 Å². The number of benzene rings is 6. The molecule has 1 N–H and O–H groups in total. The minimum atomic E-state index is -1.38. The van der Waals surface area contributed by atoms with Gasteiger partial charge >= 0.3 is 5.79 Å². The number of nitrogens with one attached hydrogen (secondary N) is 1. The van der Waals surface area contributed by atoms with Crippen molar-refractivity contribution in [2.45, 2.75) is 5.79 Å². The van der Waals surface area contributed by atoms with E-state index in [-0.39, 0.29) is 0 Å². The Morgan fingerprint density at radius 1 is 0.458 bits per heavy atom. The quantitative estimate of drug-likeness (QED) is 0.166. The molecule has 0 radical (unpaired) electrons. The normalized spacial score (nSPS) is 13.6. The fourth-order valence-corrected chi connectivity index (χ4v) is 6.89. The molecule has 4 nitrogen and oxygen atoms in total. The van der Waals surface area contributed by atoms with Crippen LogP contribution in [0.5, 0.6) is 0 Å². The number of halogens is 2. The topological polar surface area (TPSA) is 44.4 Å². The first-order chi connectivity index (χ1) is 23.6. The van der Waals surface area contributed by atoms with E-state index in [0.29, 0.717) is 10.0 Å². The van der Waals surface area contributed by atoms with Gasteiger partial charge in [-0.2, -0.15) is 4.57 Å². The third-order valence-electron chi connectivity index (χ3n) is 8.57. The summed E-state index contributed by atoms with van der Waals surface area (Å²) in [4.78, 5) is 15.2. The molecule has 230 valence electrons. The lowest BCUT2D eigenvalue weighted by molar-refractivity contribution is -0.730. The van der Waals surface area contributed by atoms with Crippen LogP contribution in [0.2, 0.25) is 10.0 Å². The van der Waals surface area contributed by atoms with Gasteiger partial charge in [0.1, 0.15) is 0 Å². The Bertz CT molecular complexity index is 2240. The molecule has 0 fully saturated rings. The fraction of sp³-hybridized carbons (Fsp3) is 0.0238. The van der Waals surface area contributed by atoms with Crippen molar-refractivity contribution >= 4 is 34.6 Å². The highest BCUT2D eigenvalue weighted by atomic mass is 35.5. The number of H-pyrrole nitrogens is 1. The molecule has 7 aromatic rings. The molecule has 0 unspecified atom stereocenters. The van der Waals surface area contributed by atoms with Gasteiger partial charge in [0, 0.05) is 22.3 Å². The van der Waals surface area contributed by atoms with Gasteiger partial charge in [0.2, 0.25) is 0 Å². The number of hydrogen-bond donors (Lipinski definition) is 1. The lowest BCUT2D eigenvalue weighted by atomic mass is 10.0. The van der Waals surface area contributed by atoms with Crippen LogP contribution in [0.15, 0.2) is 180 Å². The number of nitrogens with zero attached hydrogens (tertiary/aromatic N) is 3. The van der Waals surface area contributed by atoms with Crippen LogP contribution in [-0.2, 0) is 5.79 Å². The van der Waals surface area contributed by atoms with E-state index >= 15 is 0 Å². The maximum absolute atomic E-state index is 7.19. The summed E-state index contributed by atoms with van der Waals surface area (Å²) in [6.45, 7) is 0. The summed E-state index contributed by atoms with van der Waals surface area (Å²) in [5, 5.41) is 1.14. The van der Waals surface area contributed by atoms with Crippen molar-refractivity contribution in [3.63, 3.8) is 0 Å². The highest BCUT2D eigenvalue weighted by Crippen LogP contribution is 2.42. The first-order valence-corrected chi connectivity index (χ1v) is 16.5. The van der Waals surface area contributed by atoms with Crippen LogP contribution in [0.4, 0.5) is 0 Å². The summed E-state index contributed by atoms with van der Waals surface area (Å²) in [7, 11) is 0. The van der Waals surface area contributed by atoms with Crippen LogP contribution < -0.4 is 4.57 Å². The summed E-state index contributed by atoms with van der Waals surface area (Å²) in [6.07, 6.45) is 0. The predicted octanol–water partition coefficient (Wildman–Crippen LogP) is 10.3. The zero-order valence-electron chi connectivity index (χ0n) is 25.8. The Hall–Kier alpha value is -5.55. The number of hydrogen-bond acceptors (Lipinski definition) is 2. The summed E-state index contributed by atoms with van der Waals surface area (Å²) >= 11 is 14.2. The van der Waals surface area contributed by atoms with E-state index in [2.05, 4.69) is 58.1 Å². The smallest absolute Gasteiger partial charge is 0.236 e. The molecule has 0 spiro atoms. The highest BCUT2D eigenvalue weighted by molar-refractivity contribution is 6.54. The van der Waals surface area contributed by atoms with Crippen LogP contribution in [0, 0.1) is 0 Å². The monoisotopic (exact) mass is 659 g/mol. The molecular formula is C42H29Cl2N4+. The molecule has 6 heteroatoms. The van der Waals surface area contributed by atoms with E-state index in [1.54, 1.807) is 0 Å². The Labute approximate surface area is 289 Å². The maximum atomic E-state index is 7.19. The van der Waals surface area contributed by atoms with E-state index in [4.69, 9.17) is 33.2 Å². The van der Waals surface area contributed by atoms with Crippen molar-refractivity contribution in [3.05, 3.63) is 197 Å². The van der Waals surface area contributed by atoms with Crippen LogP contribution in [-0.4, -0.2) is 16.4 Å². The molecule has 1 aromatic heterocycles. The summed E-state index contributed by atoms with van der Waals surface area (Å²) in [5.74, 6) is -0.634. The van der Waals surface area contributed by atoms with Gasteiger partial charge in [-0.3, -0.25) is 0 Å². The number of aromatic nitrogens is 2. The van der Waals surface area contributed by atoms with Gasteiger partial charge in [0.15, 0.2) is 11.4 Å². The second-order valence-electron chi connectivity index (χ2n) is 11.5. The Kier molecular flexibility index (Phi) is 7.81. The first kappa shape index (κ1) is 29.8. The van der Waals surface area contributed by atoms with Crippen LogP contribution in [0.25, 0.3) is 33.9 Å². The number of aromatic amines is 1. The molecule has 0 atom stereocenters. The molecule has 1 aliphatic rings. The second-order valence-corrected chi connectivity index (χ2v) is 12.3. The van der Waals surface area contributed by atoms with Crippen molar-refractivity contribution < 1.29 is 4.57 Å². The van der Waals surface area contributed by atoms with Crippen molar-refractivity contribution in [2.24, 2.45) is 9.98 Å². The Morgan fingerprint density at radius 3 is 1.42 bits per heavy atom. The summed E-state index contributed by atoms with van der Waals surface area (Å²) in [5.41, 5.74) is 8.77. The Balaban J connectivity index is 1.59. The SMILES string of the molecule is Clc1ccccc1-c1[nH]c(-c2ccccc2)c(-c2ccccc2)[n+]1C1(c2ccccc2Cl)N=C(c2ccccc2)C(c2ccccc2)=N1. The second kappa shape index (κ2) is 12.6. The van der Waals surface area contributed by atoms with Crippen molar-refractivity contribution in [2.75, 3.05) is 0 Å². The number of aliphatic imine (C=N–C) groups is 2. The molecule has 0 bridgehead atoms. The molecule has 0 aliphatic carbocycles. The van der Waals surface area contributed by atoms with Gasteiger partial charge < -0.3 is 0 Å². The third-order valence-corrected chi connectivity index (χ3v) is 9.23. The van der Waals surface area contributed by atoms with Crippen molar-refractivity contribution in [1.82, 2.24) is 4.98 Å². The summed E-state index contributed by atoms with van der Waals surface area (Å²) < 4.78 is 2.19. The van der Waals surface area contributed by atoms with Gasteiger partial charge in [-0.15, -0.1) is 0 Å². The largest absolute Gasteiger partial charge is 0.331 e. The molecule has 2 heterocycles. The van der Waals surface area contributed by atoms with Crippen LogP contribution >= 0.6 is 23.2 Å². The van der Waals surface area contributed by atoms with Crippen molar-refractivity contribution in [3.8, 4) is 33.9 Å². The molecule has 6 aromatic carbocycles. The molecule has 0 saturated carbocycles. The fourth-order valence-electron chi connectivity index (χ4n) is 6.40. The van der Waals surface area contributed by atoms with Gasteiger partial charge in [-0.25, -0.2) is 15.0 Å². The standard InChI is InChI=1S/C42H28Cl2N4/c43-35-27-15-13-25-33(35)41-45-39(31-21-9-3-10-22-31)40(32-23-11-4-12-24-32)48(41)42(34-26-14-16-28-36(34)44)46-37(29-17-5-1-6-18-29)38(47-42)30-19-7-2-8-20-30/h1-28H/p+1. The van der Waals surface area contributed by atoms with Crippen LogP contribution in [0.3, 0.4) is 0 Å². The molecule has 0 saturated heterocycles. The average molecular weight is 661 g/mol. The van der Waals surface area contributed by atoms with E-state index in [9.17, 15) is 0 Å². The molecule has 48 heavy (non-hydrogen) atoms. The third kappa shape index (κ3) is 5.16. The van der Waals surface area contributed by atoms with E-state index in [0.717, 1.165) is 62.0 Å². The minimum absolute atomic E-state index is 0.547. The molecule has 1 aliphatic heterocycles. The number of imidazole rings is 1.